The van der Waals surface area contributed by atoms with Gasteiger partial charge >= 0.3 is 6.18 Å². The first-order chi connectivity index (χ1) is 6.41. The van der Waals surface area contributed by atoms with Crippen molar-refractivity contribution in [2.75, 3.05) is 0 Å². The molecular formula is C9H10F3NO. The molecule has 14 heavy (non-hydrogen) atoms. The first-order valence-electron chi connectivity index (χ1n) is 3.95. The first kappa shape index (κ1) is 10.8. The second-order valence-corrected chi connectivity index (χ2v) is 2.92. The van der Waals surface area contributed by atoms with Crippen LogP contribution in [-0.2, 0) is 0 Å². The smallest absolute Gasteiger partial charge is 0.407 e. The fourth-order valence-electron chi connectivity index (χ4n) is 0.946. The maximum Gasteiger partial charge on any atom is 0.407 e. The number of alkyl halides is 3. The molecule has 0 aliphatic heterocycles. The molecule has 0 spiro atoms. The molecule has 0 bridgehead atoms. The van der Waals surface area contributed by atoms with Crippen molar-refractivity contribution >= 4 is 6.08 Å². The molecule has 5 heteroatoms. The highest BCUT2D eigenvalue weighted by atomic mass is 19.4. The summed E-state index contributed by atoms with van der Waals surface area (Å²) in [5.41, 5.74) is 5.00. The summed E-state index contributed by atoms with van der Waals surface area (Å²) in [6, 6.07) is 1.22. The van der Waals surface area contributed by atoms with E-state index in [1.54, 1.807) is 12.1 Å². The Morgan fingerprint density at radius 1 is 1.57 bits per heavy atom. The maximum absolute atomic E-state index is 12.1. The van der Waals surface area contributed by atoms with Gasteiger partial charge in [-0.25, -0.2) is 0 Å². The van der Waals surface area contributed by atoms with Crippen molar-refractivity contribution < 1.29 is 17.6 Å². The van der Waals surface area contributed by atoms with E-state index in [0.717, 1.165) is 0 Å². The summed E-state index contributed by atoms with van der Waals surface area (Å²) in [6.45, 7) is 1.32. The van der Waals surface area contributed by atoms with Crippen molar-refractivity contribution in [2.45, 2.75) is 19.1 Å². The van der Waals surface area contributed by atoms with Gasteiger partial charge in [0.25, 0.3) is 0 Å². The van der Waals surface area contributed by atoms with Crippen LogP contribution in [0, 0.1) is 0 Å². The standard InChI is InChI=1S/C9H10F3NO/c1-6(8(13)9(10,11)12)5-7-3-2-4-14-7/h2-5,8H,13H2,1H3/b6-5+. The Bertz CT molecular complexity index is 313. The third-order valence-corrected chi connectivity index (χ3v) is 1.76. The van der Waals surface area contributed by atoms with Crippen LogP contribution in [0.5, 0.6) is 0 Å². The fourth-order valence-corrected chi connectivity index (χ4v) is 0.946. The summed E-state index contributed by atoms with van der Waals surface area (Å²) < 4.78 is 41.3. The van der Waals surface area contributed by atoms with Crippen LogP contribution in [0.2, 0.25) is 0 Å². The van der Waals surface area contributed by atoms with Gasteiger partial charge in [0, 0.05) is 0 Å². The van der Waals surface area contributed by atoms with Gasteiger partial charge in [0.05, 0.1) is 6.26 Å². The van der Waals surface area contributed by atoms with Crippen molar-refractivity contribution in [2.24, 2.45) is 5.73 Å². The van der Waals surface area contributed by atoms with E-state index in [4.69, 9.17) is 10.2 Å². The topological polar surface area (TPSA) is 39.2 Å². The summed E-state index contributed by atoms with van der Waals surface area (Å²) in [4.78, 5) is 0. The quantitative estimate of drug-likeness (QED) is 0.805. The molecule has 2 N–H and O–H groups in total. The van der Waals surface area contributed by atoms with Crippen LogP contribution in [0.25, 0.3) is 6.08 Å². The van der Waals surface area contributed by atoms with Gasteiger partial charge in [-0.05, 0) is 30.7 Å². The van der Waals surface area contributed by atoms with Gasteiger partial charge < -0.3 is 10.2 Å². The molecule has 1 aromatic rings. The number of hydrogen-bond donors (Lipinski definition) is 1. The van der Waals surface area contributed by atoms with Gasteiger partial charge in [-0.1, -0.05) is 0 Å². The second-order valence-electron chi connectivity index (χ2n) is 2.92. The summed E-state index contributed by atoms with van der Waals surface area (Å²) in [6.07, 6.45) is -1.75. The average molecular weight is 205 g/mol. The van der Waals surface area contributed by atoms with Crippen molar-refractivity contribution in [3.8, 4) is 0 Å². The number of nitrogens with two attached hydrogens (primary N) is 1. The van der Waals surface area contributed by atoms with Crippen LogP contribution < -0.4 is 5.73 Å². The summed E-state index contributed by atoms with van der Waals surface area (Å²) in [7, 11) is 0. The van der Waals surface area contributed by atoms with Crippen LogP contribution in [-0.4, -0.2) is 12.2 Å². The molecule has 78 valence electrons. The van der Waals surface area contributed by atoms with E-state index >= 15 is 0 Å². The monoisotopic (exact) mass is 205 g/mol. The predicted molar refractivity (Wildman–Crippen MR) is 46.4 cm³/mol. The molecule has 1 atom stereocenters. The third kappa shape index (κ3) is 2.63. The van der Waals surface area contributed by atoms with Crippen LogP contribution in [0.15, 0.2) is 28.4 Å². The molecule has 0 amide bonds. The summed E-state index contributed by atoms with van der Waals surface area (Å²) in [5, 5.41) is 0. The van der Waals surface area contributed by atoms with Gasteiger partial charge in [0.1, 0.15) is 11.8 Å². The second kappa shape index (κ2) is 3.88. The lowest BCUT2D eigenvalue weighted by Gasteiger charge is -2.15. The van der Waals surface area contributed by atoms with Gasteiger partial charge in [-0.15, -0.1) is 0 Å². The molecular weight excluding hydrogens is 195 g/mol. The van der Waals surface area contributed by atoms with E-state index in [1.807, 2.05) is 0 Å². The Morgan fingerprint density at radius 3 is 2.64 bits per heavy atom. The zero-order valence-corrected chi connectivity index (χ0v) is 7.51. The minimum Gasteiger partial charge on any atom is -0.465 e. The van der Waals surface area contributed by atoms with E-state index in [9.17, 15) is 13.2 Å². The molecule has 2 nitrogen and oxygen atoms in total. The fraction of sp³-hybridized carbons (Fsp3) is 0.333. The Labute approximate surface area is 79.2 Å². The van der Waals surface area contributed by atoms with E-state index in [0.29, 0.717) is 5.76 Å². The van der Waals surface area contributed by atoms with Gasteiger partial charge in [-0.3, -0.25) is 0 Å². The largest absolute Gasteiger partial charge is 0.465 e. The van der Waals surface area contributed by atoms with Gasteiger partial charge in [0.15, 0.2) is 0 Å². The first-order valence-corrected chi connectivity index (χ1v) is 3.95. The molecule has 1 aromatic heterocycles. The summed E-state index contributed by atoms with van der Waals surface area (Å²) >= 11 is 0. The highest BCUT2D eigenvalue weighted by Gasteiger charge is 2.37. The van der Waals surface area contributed by atoms with E-state index in [1.165, 1.54) is 19.3 Å². The third-order valence-electron chi connectivity index (χ3n) is 1.76. The average Bonchev–Trinajstić information content (AvgIpc) is 2.53. The van der Waals surface area contributed by atoms with E-state index < -0.39 is 12.2 Å². The zero-order chi connectivity index (χ0) is 10.8. The molecule has 0 fully saturated rings. The Kier molecular flexibility index (Phi) is 3.00. The maximum atomic E-state index is 12.1. The Balaban J connectivity index is 2.80. The van der Waals surface area contributed by atoms with Crippen molar-refractivity contribution in [1.29, 1.82) is 0 Å². The lowest BCUT2D eigenvalue weighted by Crippen LogP contribution is -2.38. The molecule has 0 saturated heterocycles. The zero-order valence-electron chi connectivity index (χ0n) is 7.51. The van der Waals surface area contributed by atoms with Crippen LogP contribution in [0.4, 0.5) is 13.2 Å². The molecule has 1 heterocycles. The van der Waals surface area contributed by atoms with Crippen LogP contribution in [0.1, 0.15) is 12.7 Å². The Morgan fingerprint density at radius 2 is 2.21 bits per heavy atom. The molecule has 1 unspecified atom stereocenters. The van der Waals surface area contributed by atoms with Gasteiger partial charge in [0.2, 0.25) is 0 Å². The van der Waals surface area contributed by atoms with Crippen LogP contribution in [0.3, 0.4) is 0 Å². The number of hydrogen-bond acceptors (Lipinski definition) is 2. The molecule has 0 saturated carbocycles. The predicted octanol–water partition coefficient (Wildman–Crippen LogP) is 2.57. The molecule has 0 aromatic carbocycles. The molecule has 0 aliphatic rings. The van der Waals surface area contributed by atoms with Crippen LogP contribution >= 0.6 is 0 Å². The number of halogens is 3. The normalized spacial score (nSPS) is 15.6. The minimum absolute atomic E-state index is 0.0208. The Hall–Kier alpha value is -1.23. The minimum atomic E-state index is -4.41. The highest BCUT2D eigenvalue weighted by molar-refractivity contribution is 5.48. The van der Waals surface area contributed by atoms with Crippen molar-refractivity contribution in [3.63, 3.8) is 0 Å². The lowest BCUT2D eigenvalue weighted by molar-refractivity contribution is -0.139. The molecule has 0 aliphatic carbocycles. The van der Waals surface area contributed by atoms with Crippen molar-refractivity contribution in [1.82, 2.24) is 0 Å². The number of furan rings is 1. The molecule has 1 rings (SSSR count). The number of rotatable bonds is 2. The molecule has 0 radical (unpaired) electrons. The highest BCUT2D eigenvalue weighted by Crippen LogP contribution is 2.24. The van der Waals surface area contributed by atoms with E-state index in [2.05, 4.69) is 0 Å². The van der Waals surface area contributed by atoms with Gasteiger partial charge in [-0.2, -0.15) is 13.2 Å². The van der Waals surface area contributed by atoms with E-state index in [-0.39, 0.29) is 5.57 Å². The summed E-state index contributed by atoms with van der Waals surface area (Å²) in [5.74, 6) is 0.363. The SMILES string of the molecule is C/C(=C\c1ccco1)C(N)C(F)(F)F. The van der Waals surface area contributed by atoms with Crippen molar-refractivity contribution in [3.05, 3.63) is 29.7 Å². The lowest BCUT2D eigenvalue weighted by atomic mass is 10.1.